The summed E-state index contributed by atoms with van der Waals surface area (Å²) in [5, 5.41) is 0. The molecule has 2 rings (SSSR count). The van der Waals surface area contributed by atoms with Crippen molar-refractivity contribution in [2.45, 2.75) is 13.3 Å². The third-order valence-corrected chi connectivity index (χ3v) is 3.16. The normalized spacial score (nSPS) is 22.4. The minimum Gasteiger partial charge on any atom is -0.472 e. The minimum absolute atomic E-state index is 0.155. The van der Waals surface area contributed by atoms with E-state index < -0.39 is 23.1 Å². The van der Waals surface area contributed by atoms with Gasteiger partial charge in [-0.2, -0.15) is 0 Å². The van der Waals surface area contributed by atoms with Crippen LogP contribution in [0.3, 0.4) is 0 Å². The van der Waals surface area contributed by atoms with E-state index in [9.17, 15) is 14.4 Å². The average Bonchev–Trinajstić information content (AvgIpc) is 2.90. The fourth-order valence-corrected chi connectivity index (χ4v) is 2.08. The van der Waals surface area contributed by atoms with Gasteiger partial charge in [-0.25, -0.2) is 4.79 Å². The van der Waals surface area contributed by atoms with Crippen molar-refractivity contribution >= 4 is 17.7 Å². The van der Waals surface area contributed by atoms with Crippen LogP contribution in [0, 0.1) is 5.41 Å². The highest BCUT2D eigenvalue weighted by Crippen LogP contribution is 2.55. The number of hydrogen-bond acceptors (Lipinski definition) is 6. The summed E-state index contributed by atoms with van der Waals surface area (Å²) >= 11 is 0. The zero-order valence-electron chi connectivity index (χ0n) is 11.2. The summed E-state index contributed by atoms with van der Waals surface area (Å²) in [5.74, 6) is -1.69. The Kier molecular flexibility index (Phi) is 3.74. The zero-order chi connectivity index (χ0) is 14.8. The molecule has 0 bridgehead atoms. The lowest BCUT2D eigenvalue weighted by atomic mass is 9.95. The summed E-state index contributed by atoms with van der Waals surface area (Å²) in [4.78, 5) is 35.7. The number of hydrogen-bond donors (Lipinski definition) is 0. The molecule has 1 aromatic rings. The summed E-state index contributed by atoms with van der Waals surface area (Å²) in [7, 11) is 1.20. The lowest BCUT2D eigenvalue weighted by Crippen LogP contribution is -2.27. The molecule has 0 aromatic carbocycles. The third kappa shape index (κ3) is 2.24. The molecule has 0 amide bonds. The molecule has 0 aliphatic heterocycles. The number of carbonyl (C=O) groups is 3. The summed E-state index contributed by atoms with van der Waals surface area (Å²) < 4.78 is 14.3. The van der Waals surface area contributed by atoms with Crippen molar-refractivity contribution in [2.24, 2.45) is 5.41 Å². The molecule has 1 heterocycles. The molecule has 106 valence electrons. The molecular formula is C14H14O6. The molecule has 0 radical (unpaired) electrons. The highest BCUT2D eigenvalue weighted by Gasteiger charge is 2.63. The number of furan rings is 1. The first-order chi connectivity index (χ1) is 9.56. The molecule has 1 unspecified atom stereocenters. The summed E-state index contributed by atoms with van der Waals surface area (Å²) in [5.41, 5.74) is -0.748. The first-order valence-corrected chi connectivity index (χ1v) is 6.09. The molecule has 1 aromatic heterocycles. The van der Waals surface area contributed by atoms with E-state index in [1.54, 1.807) is 6.92 Å². The number of carbonyl (C=O) groups excluding carboxylic acids is 3. The maximum Gasteiger partial charge on any atom is 0.330 e. The topological polar surface area (TPSA) is 82.8 Å². The van der Waals surface area contributed by atoms with Crippen LogP contribution in [0.1, 0.15) is 23.7 Å². The number of rotatable bonds is 5. The van der Waals surface area contributed by atoms with Gasteiger partial charge in [0.2, 0.25) is 0 Å². The van der Waals surface area contributed by atoms with Crippen LogP contribution in [0.2, 0.25) is 0 Å². The van der Waals surface area contributed by atoms with Gasteiger partial charge in [-0.15, -0.1) is 0 Å². The van der Waals surface area contributed by atoms with Gasteiger partial charge < -0.3 is 13.9 Å². The Hall–Kier alpha value is -2.37. The van der Waals surface area contributed by atoms with Gasteiger partial charge in [0, 0.05) is 6.08 Å². The molecule has 6 heteroatoms. The van der Waals surface area contributed by atoms with Crippen molar-refractivity contribution < 1.29 is 28.3 Å². The Morgan fingerprint density at radius 3 is 2.75 bits per heavy atom. The number of Topliss-reactive ketones (excluding diaryl/α,β-unsaturated/α-hetero) is 1. The Bertz CT molecular complexity index is 568. The second kappa shape index (κ2) is 5.32. The first-order valence-electron chi connectivity index (χ1n) is 6.09. The predicted octanol–water partition coefficient (Wildman–Crippen LogP) is 1.51. The SMILES string of the molecule is CCOC(=O)/C=C1/CC1(C(=O)OC)C(=O)c1ccoc1. The predicted molar refractivity (Wildman–Crippen MR) is 66.8 cm³/mol. The third-order valence-electron chi connectivity index (χ3n) is 3.16. The fraction of sp³-hybridized carbons (Fsp3) is 0.357. The van der Waals surface area contributed by atoms with E-state index >= 15 is 0 Å². The summed E-state index contributed by atoms with van der Waals surface area (Å²) in [6.45, 7) is 1.90. The van der Waals surface area contributed by atoms with Crippen molar-refractivity contribution in [1.29, 1.82) is 0 Å². The second-order valence-corrected chi connectivity index (χ2v) is 4.34. The van der Waals surface area contributed by atoms with E-state index in [2.05, 4.69) is 4.74 Å². The van der Waals surface area contributed by atoms with E-state index in [-0.39, 0.29) is 18.6 Å². The number of ether oxygens (including phenoxy) is 2. The lowest BCUT2D eigenvalue weighted by molar-refractivity contribution is -0.144. The second-order valence-electron chi connectivity index (χ2n) is 4.34. The van der Waals surface area contributed by atoms with Crippen molar-refractivity contribution in [2.75, 3.05) is 13.7 Å². The maximum atomic E-state index is 12.4. The van der Waals surface area contributed by atoms with Gasteiger partial charge in [-0.3, -0.25) is 9.59 Å². The first kappa shape index (κ1) is 14.0. The van der Waals surface area contributed by atoms with Crippen LogP contribution in [0.4, 0.5) is 0 Å². The van der Waals surface area contributed by atoms with Crippen LogP contribution in [0.25, 0.3) is 0 Å². The molecule has 20 heavy (non-hydrogen) atoms. The summed E-state index contributed by atoms with van der Waals surface area (Å²) in [6, 6.07) is 1.47. The van der Waals surface area contributed by atoms with Crippen LogP contribution >= 0.6 is 0 Å². The molecule has 1 fully saturated rings. The van der Waals surface area contributed by atoms with Gasteiger partial charge >= 0.3 is 11.9 Å². The largest absolute Gasteiger partial charge is 0.472 e. The van der Waals surface area contributed by atoms with Crippen LogP contribution in [-0.4, -0.2) is 31.4 Å². The standard InChI is InChI=1S/C14H14O6/c1-3-20-11(15)6-10-7-14(10,13(17)18-2)12(16)9-4-5-19-8-9/h4-6,8H,3,7H2,1-2H3/b10-6-. The number of esters is 2. The lowest BCUT2D eigenvalue weighted by Gasteiger charge is -2.09. The van der Waals surface area contributed by atoms with E-state index in [0.717, 1.165) is 0 Å². The Balaban J connectivity index is 2.30. The van der Waals surface area contributed by atoms with Crippen LogP contribution in [0.5, 0.6) is 0 Å². The quantitative estimate of drug-likeness (QED) is 0.351. The van der Waals surface area contributed by atoms with Crippen molar-refractivity contribution in [3.05, 3.63) is 35.8 Å². The molecule has 0 saturated heterocycles. The fourth-order valence-electron chi connectivity index (χ4n) is 2.08. The number of methoxy groups -OCH3 is 1. The van der Waals surface area contributed by atoms with Crippen molar-refractivity contribution in [3.63, 3.8) is 0 Å². The Morgan fingerprint density at radius 1 is 1.45 bits per heavy atom. The van der Waals surface area contributed by atoms with Crippen LogP contribution < -0.4 is 0 Å². The Morgan fingerprint density at radius 2 is 2.20 bits per heavy atom. The zero-order valence-corrected chi connectivity index (χ0v) is 11.2. The summed E-state index contributed by atoms with van der Waals surface area (Å²) in [6.07, 6.45) is 3.93. The molecule has 0 spiro atoms. The monoisotopic (exact) mass is 278 g/mol. The van der Waals surface area contributed by atoms with Gasteiger partial charge in [0.1, 0.15) is 6.26 Å². The van der Waals surface area contributed by atoms with E-state index in [4.69, 9.17) is 9.15 Å². The Labute approximate surface area is 115 Å². The van der Waals surface area contributed by atoms with Gasteiger partial charge in [-0.1, -0.05) is 0 Å². The van der Waals surface area contributed by atoms with Crippen molar-refractivity contribution in [1.82, 2.24) is 0 Å². The highest BCUT2D eigenvalue weighted by atomic mass is 16.5. The smallest absolute Gasteiger partial charge is 0.330 e. The average molecular weight is 278 g/mol. The molecule has 1 saturated carbocycles. The molecule has 1 aliphatic carbocycles. The molecule has 0 N–H and O–H groups in total. The van der Waals surface area contributed by atoms with E-state index in [0.29, 0.717) is 5.57 Å². The van der Waals surface area contributed by atoms with E-state index in [1.165, 1.54) is 31.8 Å². The van der Waals surface area contributed by atoms with Gasteiger partial charge in [0.05, 0.1) is 25.5 Å². The van der Waals surface area contributed by atoms with Gasteiger partial charge in [-0.05, 0) is 25.0 Å². The van der Waals surface area contributed by atoms with Gasteiger partial charge in [0.25, 0.3) is 0 Å². The van der Waals surface area contributed by atoms with Crippen LogP contribution in [-0.2, 0) is 19.1 Å². The van der Waals surface area contributed by atoms with Crippen LogP contribution in [0.15, 0.2) is 34.7 Å². The van der Waals surface area contributed by atoms with Gasteiger partial charge in [0.15, 0.2) is 11.2 Å². The van der Waals surface area contributed by atoms with Crippen molar-refractivity contribution in [3.8, 4) is 0 Å². The molecule has 6 nitrogen and oxygen atoms in total. The number of ketones is 1. The molecule has 1 atom stereocenters. The minimum atomic E-state index is -1.41. The molecule has 1 aliphatic rings. The molecular weight excluding hydrogens is 264 g/mol. The van der Waals surface area contributed by atoms with E-state index in [1.807, 2.05) is 0 Å². The maximum absolute atomic E-state index is 12.4. The highest BCUT2D eigenvalue weighted by molar-refractivity contribution is 6.19.